The molecule has 0 bridgehead atoms. The van der Waals surface area contributed by atoms with Crippen LogP contribution in [0.15, 0.2) is 24.3 Å². The summed E-state index contributed by atoms with van der Waals surface area (Å²) in [6, 6.07) is 6.74. The summed E-state index contributed by atoms with van der Waals surface area (Å²) in [4.78, 5) is 42.6. The van der Waals surface area contributed by atoms with E-state index in [1.807, 2.05) is 24.3 Å². The number of likely N-dealkylation sites (tertiary alicyclic amines) is 1. The zero-order valence-corrected chi connectivity index (χ0v) is 20.3. The van der Waals surface area contributed by atoms with E-state index in [4.69, 9.17) is 9.47 Å². The lowest BCUT2D eigenvalue weighted by Crippen LogP contribution is -2.58. The first-order valence-corrected chi connectivity index (χ1v) is 11.9. The second kappa shape index (κ2) is 11.0. The molecule has 0 saturated carbocycles. The Morgan fingerprint density at radius 2 is 1.73 bits per heavy atom. The van der Waals surface area contributed by atoms with Crippen LogP contribution in [0.2, 0.25) is 0 Å². The van der Waals surface area contributed by atoms with Gasteiger partial charge < -0.3 is 14.4 Å². The van der Waals surface area contributed by atoms with Crippen molar-refractivity contribution in [2.24, 2.45) is 5.92 Å². The minimum atomic E-state index is -0.731. The number of carbonyl (C=O) groups excluding carboxylic acids is 3. The first-order valence-electron chi connectivity index (χ1n) is 11.9. The molecule has 0 N–H and O–H groups in total. The quantitative estimate of drug-likeness (QED) is 0.567. The van der Waals surface area contributed by atoms with Gasteiger partial charge >= 0.3 is 12.1 Å². The van der Waals surface area contributed by atoms with Crippen molar-refractivity contribution in [1.29, 1.82) is 0 Å². The molecule has 0 aromatic heterocycles. The minimum Gasteiger partial charge on any atom is -0.494 e. The summed E-state index contributed by atoms with van der Waals surface area (Å²) in [7, 11) is 0. The zero-order valence-electron chi connectivity index (χ0n) is 20.3. The van der Waals surface area contributed by atoms with E-state index in [-0.39, 0.29) is 19.0 Å². The molecule has 2 aliphatic rings. The van der Waals surface area contributed by atoms with Crippen LogP contribution in [0.5, 0.6) is 5.75 Å². The van der Waals surface area contributed by atoms with Gasteiger partial charge in [-0.25, -0.2) is 14.5 Å². The van der Waals surface area contributed by atoms with Gasteiger partial charge in [0.05, 0.1) is 19.1 Å². The van der Waals surface area contributed by atoms with Crippen molar-refractivity contribution < 1.29 is 23.9 Å². The van der Waals surface area contributed by atoms with Gasteiger partial charge in [-0.15, -0.1) is 0 Å². The summed E-state index contributed by atoms with van der Waals surface area (Å²) in [6.07, 6.45) is 4.17. The number of imide groups is 2. The molecule has 2 saturated heterocycles. The van der Waals surface area contributed by atoms with E-state index >= 15 is 0 Å². The molecule has 1 unspecified atom stereocenters. The highest BCUT2D eigenvalue weighted by Gasteiger charge is 2.41. The molecule has 4 amide bonds. The van der Waals surface area contributed by atoms with Crippen molar-refractivity contribution in [3.63, 3.8) is 0 Å². The van der Waals surface area contributed by atoms with Gasteiger partial charge in [-0.2, -0.15) is 0 Å². The van der Waals surface area contributed by atoms with Gasteiger partial charge in [0.25, 0.3) is 0 Å². The first-order chi connectivity index (χ1) is 15.6. The molecular weight excluding hydrogens is 422 g/mol. The predicted octanol–water partition coefficient (Wildman–Crippen LogP) is 4.28. The van der Waals surface area contributed by atoms with Gasteiger partial charge in [-0.1, -0.05) is 25.5 Å². The first kappa shape index (κ1) is 25.0. The molecule has 1 atom stereocenters. The molecule has 0 spiro atoms. The van der Waals surface area contributed by atoms with Crippen molar-refractivity contribution >= 4 is 18.0 Å². The van der Waals surface area contributed by atoms with Crippen molar-refractivity contribution in [2.45, 2.75) is 65.5 Å². The highest BCUT2D eigenvalue weighted by molar-refractivity contribution is 6.03. The van der Waals surface area contributed by atoms with Crippen LogP contribution in [0.25, 0.3) is 0 Å². The molecule has 1 aromatic carbocycles. The van der Waals surface area contributed by atoms with Crippen molar-refractivity contribution in [1.82, 2.24) is 14.7 Å². The van der Waals surface area contributed by atoms with E-state index in [0.29, 0.717) is 6.61 Å². The van der Waals surface area contributed by atoms with Crippen LogP contribution in [0.1, 0.15) is 58.9 Å². The van der Waals surface area contributed by atoms with E-state index in [0.717, 1.165) is 34.1 Å². The molecule has 0 aliphatic carbocycles. The number of hydrogen-bond donors (Lipinski definition) is 0. The van der Waals surface area contributed by atoms with Crippen LogP contribution >= 0.6 is 0 Å². The Morgan fingerprint density at radius 3 is 2.36 bits per heavy atom. The molecule has 33 heavy (non-hydrogen) atoms. The number of hydrogen-bond acceptors (Lipinski definition) is 6. The maximum Gasteiger partial charge on any atom is 0.418 e. The maximum absolute atomic E-state index is 12.9. The zero-order chi connectivity index (χ0) is 24.0. The van der Waals surface area contributed by atoms with Gasteiger partial charge in [-0.3, -0.25) is 9.69 Å². The lowest BCUT2D eigenvalue weighted by Gasteiger charge is -2.36. The van der Waals surface area contributed by atoms with Crippen LogP contribution in [-0.2, 0) is 16.1 Å². The summed E-state index contributed by atoms with van der Waals surface area (Å²) in [5.74, 6) is -0.0204. The molecule has 0 radical (unpaired) electrons. The third kappa shape index (κ3) is 7.19. The average molecular weight is 460 g/mol. The molecule has 3 rings (SSSR count). The molecule has 2 heterocycles. The molecule has 8 heteroatoms. The summed E-state index contributed by atoms with van der Waals surface area (Å²) in [5.41, 5.74) is 0.0619. The van der Waals surface area contributed by atoms with E-state index in [9.17, 15) is 14.4 Å². The lowest BCUT2D eigenvalue weighted by atomic mass is 10.1. The number of carbonyl (C=O) groups is 3. The number of ether oxygens (including phenoxy) is 2. The van der Waals surface area contributed by atoms with Gasteiger partial charge in [0.2, 0.25) is 5.91 Å². The van der Waals surface area contributed by atoms with E-state index in [1.54, 1.807) is 27.7 Å². The Bertz CT molecular complexity index is 827. The number of nitrogens with zero attached hydrogens (tertiary/aromatic N) is 3. The Morgan fingerprint density at radius 1 is 1.06 bits per heavy atom. The van der Waals surface area contributed by atoms with E-state index in [2.05, 4.69) is 4.90 Å². The molecule has 2 aliphatic heterocycles. The largest absolute Gasteiger partial charge is 0.494 e. The fourth-order valence-electron chi connectivity index (χ4n) is 4.09. The molecule has 182 valence electrons. The van der Waals surface area contributed by atoms with Gasteiger partial charge in [-0.05, 0) is 70.8 Å². The van der Waals surface area contributed by atoms with Crippen LogP contribution in [0, 0.1) is 5.92 Å². The van der Waals surface area contributed by atoms with E-state index < -0.39 is 23.6 Å². The average Bonchev–Trinajstić information content (AvgIpc) is 2.77. The number of rotatable bonds is 7. The fourth-order valence-corrected chi connectivity index (χ4v) is 4.09. The summed E-state index contributed by atoms with van der Waals surface area (Å²) < 4.78 is 11.2. The second-order valence-electron chi connectivity index (χ2n) is 9.95. The Hall–Kier alpha value is -2.61. The smallest absolute Gasteiger partial charge is 0.418 e. The van der Waals surface area contributed by atoms with Crippen LogP contribution < -0.4 is 4.74 Å². The standard InChI is InChI=1S/C25H37N3O5/c1-19-17-28(24(31)33-25(2,3)4)23(30)27(22(19)29)18-20-9-11-21(12-10-20)32-16-8-15-26-13-6-5-7-14-26/h9-12,19H,5-8,13-18H2,1-4H3. The number of amides is 4. The normalized spacial score (nSPS) is 20.2. The van der Waals surface area contributed by atoms with Crippen molar-refractivity contribution in [3.8, 4) is 5.75 Å². The topological polar surface area (TPSA) is 79.4 Å². The third-order valence-corrected chi connectivity index (χ3v) is 5.82. The Balaban J connectivity index is 1.53. The number of urea groups is 1. The second-order valence-corrected chi connectivity index (χ2v) is 9.95. The minimum absolute atomic E-state index is 0.0211. The Labute approximate surface area is 196 Å². The van der Waals surface area contributed by atoms with Crippen LogP contribution in [0.4, 0.5) is 9.59 Å². The molecular formula is C25H37N3O5. The number of benzene rings is 1. The molecule has 1 aromatic rings. The van der Waals surface area contributed by atoms with Gasteiger partial charge in [0.15, 0.2) is 0 Å². The highest BCUT2D eigenvalue weighted by Crippen LogP contribution is 2.22. The monoisotopic (exact) mass is 459 g/mol. The summed E-state index contributed by atoms with van der Waals surface area (Å²) in [6.45, 7) is 11.1. The Kier molecular flexibility index (Phi) is 8.35. The maximum atomic E-state index is 12.9. The molecule has 2 fully saturated rings. The van der Waals surface area contributed by atoms with E-state index in [1.165, 1.54) is 32.4 Å². The van der Waals surface area contributed by atoms with Crippen LogP contribution in [-0.4, -0.2) is 71.1 Å². The van der Waals surface area contributed by atoms with Crippen molar-refractivity contribution in [2.75, 3.05) is 32.8 Å². The van der Waals surface area contributed by atoms with Crippen LogP contribution in [0.3, 0.4) is 0 Å². The van der Waals surface area contributed by atoms with Gasteiger partial charge in [0, 0.05) is 13.1 Å². The summed E-state index contributed by atoms with van der Waals surface area (Å²) >= 11 is 0. The highest BCUT2D eigenvalue weighted by atomic mass is 16.6. The number of piperidine rings is 1. The SMILES string of the molecule is CC1CN(C(=O)OC(C)(C)C)C(=O)N(Cc2ccc(OCCCN3CCCCC3)cc2)C1=O. The van der Waals surface area contributed by atoms with Gasteiger partial charge in [0.1, 0.15) is 11.4 Å². The lowest BCUT2D eigenvalue weighted by molar-refractivity contribution is -0.135. The predicted molar refractivity (Wildman–Crippen MR) is 125 cm³/mol. The third-order valence-electron chi connectivity index (χ3n) is 5.82. The van der Waals surface area contributed by atoms with Crippen molar-refractivity contribution in [3.05, 3.63) is 29.8 Å². The summed E-state index contributed by atoms with van der Waals surface area (Å²) in [5, 5.41) is 0. The molecule has 8 nitrogen and oxygen atoms in total. The fraction of sp³-hybridized carbons (Fsp3) is 0.640.